The Morgan fingerprint density at radius 1 is 0.762 bits per heavy atom. The summed E-state index contributed by atoms with van der Waals surface area (Å²) in [5.74, 6) is 0. The molecule has 1 aromatic rings. The first kappa shape index (κ1) is 15.1. The highest BCUT2D eigenvalue weighted by atomic mass is 14.5. The SMILES string of the molecule is CC(C)(C)c1ccc(C(C)(C)C)c2c1CCC21CCCC1. The van der Waals surface area contributed by atoms with Crippen molar-refractivity contribution in [3.05, 3.63) is 34.4 Å². The van der Waals surface area contributed by atoms with E-state index in [1.165, 1.54) is 38.5 Å². The van der Waals surface area contributed by atoms with E-state index in [2.05, 4.69) is 53.7 Å². The molecular weight excluding hydrogens is 252 g/mol. The summed E-state index contributed by atoms with van der Waals surface area (Å²) in [5, 5.41) is 0. The second kappa shape index (κ2) is 4.61. The number of rotatable bonds is 0. The van der Waals surface area contributed by atoms with Crippen molar-refractivity contribution < 1.29 is 0 Å². The molecule has 0 aromatic heterocycles. The average Bonchev–Trinajstić information content (AvgIpc) is 2.96. The molecule has 1 fully saturated rings. The van der Waals surface area contributed by atoms with Crippen LogP contribution in [0.1, 0.15) is 95.9 Å². The third-order valence-corrected chi connectivity index (χ3v) is 5.87. The summed E-state index contributed by atoms with van der Waals surface area (Å²) >= 11 is 0. The molecule has 2 aliphatic rings. The van der Waals surface area contributed by atoms with Gasteiger partial charge in [0.15, 0.2) is 0 Å². The molecule has 0 N–H and O–H groups in total. The van der Waals surface area contributed by atoms with Gasteiger partial charge in [0.05, 0.1) is 0 Å². The van der Waals surface area contributed by atoms with Crippen LogP contribution in [-0.2, 0) is 22.7 Å². The molecule has 116 valence electrons. The molecule has 0 radical (unpaired) electrons. The molecule has 1 saturated carbocycles. The fourth-order valence-electron chi connectivity index (χ4n) is 4.88. The van der Waals surface area contributed by atoms with Crippen molar-refractivity contribution in [3.63, 3.8) is 0 Å². The van der Waals surface area contributed by atoms with E-state index < -0.39 is 0 Å². The Labute approximate surface area is 131 Å². The molecule has 0 heteroatoms. The summed E-state index contributed by atoms with van der Waals surface area (Å²) in [7, 11) is 0. The van der Waals surface area contributed by atoms with Crippen LogP contribution < -0.4 is 0 Å². The molecule has 3 rings (SSSR count). The van der Waals surface area contributed by atoms with Gasteiger partial charge in [-0.1, -0.05) is 66.5 Å². The van der Waals surface area contributed by atoms with Crippen molar-refractivity contribution in [1.29, 1.82) is 0 Å². The van der Waals surface area contributed by atoms with Gasteiger partial charge in [-0.2, -0.15) is 0 Å². The fourth-order valence-corrected chi connectivity index (χ4v) is 4.88. The monoisotopic (exact) mass is 284 g/mol. The van der Waals surface area contributed by atoms with Gasteiger partial charge < -0.3 is 0 Å². The molecule has 1 aromatic carbocycles. The highest BCUT2D eigenvalue weighted by molar-refractivity contribution is 5.54. The van der Waals surface area contributed by atoms with Crippen LogP contribution in [0.5, 0.6) is 0 Å². The Balaban J connectivity index is 2.26. The summed E-state index contributed by atoms with van der Waals surface area (Å²) in [6, 6.07) is 4.90. The summed E-state index contributed by atoms with van der Waals surface area (Å²) in [5.41, 5.74) is 7.79. The van der Waals surface area contributed by atoms with E-state index in [4.69, 9.17) is 0 Å². The van der Waals surface area contributed by atoms with Gasteiger partial charge in [0, 0.05) is 0 Å². The molecule has 0 saturated heterocycles. The molecule has 0 amide bonds. The highest BCUT2D eigenvalue weighted by Gasteiger charge is 2.45. The quantitative estimate of drug-likeness (QED) is 0.545. The van der Waals surface area contributed by atoms with Gasteiger partial charge in [-0.3, -0.25) is 0 Å². The van der Waals surface area contributed by atoms with E-state index in [1.54, 1.807) is 22.3 Å². The lowest BCUT2D eigenvalue weighted by atomic mass is 9.70. The molecule has 0 aliphatic heterocycles. The van der Waals surface area contributed by atoms with Crippen molar-refractivity contribution in [1.82, 2.24) is 0 Å². The standard InChI is InChI=1S/C21H32/c1-19(2,3)16-9-10-17(20(4,5)6)18-15(16)11-14-21(18)12-7-8-13-21/h9-10H,7-8,11-14H2,1-6H3. The minimum atomic E-state index is 0.264. The smallest absolute Gasteiger partial charge is 0.00380 e. The summed E-state index contributed by atoms with van der Waals surface area (Å²) in [6.45, 7) is 14.3. The first-order valence-electron chi connectivity index (χ1n) is 8.82. The van der Waals surface area contributed by atoms with Gasteiger partial charge in [-0.15, -0.1) is 0 Å². The van der Waals surface area contributed by atoms with Crippen molar-refractivity contribution in [3.8, 4) is 0 Å². The second-order valence-corrected chi connectivity index (χ2v) is 9.50. The molecule has 0 nitrogen and oxygen atoms in total. The van der Waals surface area contributed by atoms with E-state index in [-0.39, 0.29) is 10.8 Å². The fraction of sp³-hybridized carbons (Fsp3) is 0.714. The molecule has 0 unspecified atom stereocenters. The predicted octanol–water partition coefficient (Wildman–Crippen LogP) is 6.04. The van der Waals surface area contributed by atoms with Gasteiger partial charge in [0.25, 0.3) is 0 Å². The number of hydrogen-bond donors (Lipinski definition) is 0. The van der Waals surface area contributed by atoms with Crippen LogP contribution in [0.15, 0.2) is 12.1 Å². The third-order valence-electron chi connectivity index (χ3n) is 5.87. The molecule has 0 bridgehead atoms. The van der Waals surface area contributed by atoms with Crippen LogP contribution in [0.25, 0.3) is 0 Å². The van der Waals surface area contributed by atoms with Crippen molar-refractivity contribution in [2.45, 2.75) is 96.3 Å². The van der Waals surface area contributed by atoms with Crippen LogP contribution in [0, 0.1) is 0 Å². The maximum absolute atomic E-state index is 2.46. The largest absolute Gasteiger partial charge is 0.0579 e. The molecule has 2 aliphatic carbocycles. The van der Waals surface area contributed by atoms with Gasteiger partial charge in [-0.05, 0) is 64.2 Å². The minimum absolute atomic E-state index is 0.264. The second-order valence-electron chi connectivity index (χ2n) is 9.50. The highest BCUT2D eigenvalue weighted by Crippen LogP contribution is 2.54. The maximum atomic E-state index is 2.46. The lowest BCUT2D eigenvalue weighted by molar-refractivity contribution is 0.426. The molecule has 21 heavy (non-hydrogen) atoms. The van der Waals surface area contributed by atoms with Crippen LogP contribution >= 0.6 is 0 Å². The third kappa shape index (κ3) is 2.35. The summed E-state index contributed by atoms with van der Waals surface area (Å²) in [4.78, 5) is 0. The first-order valence-corrected chi connectivity index (χ1v) is 8.82. The Morgan fingerprint density at radius 3 is 1.81 bits per heavy atom. The number of hydrogen-bond acceptors (Lipinski definition) is 0. The zero-order chi connectivity index (χ0) is 15.5. The van der Waals surface area contributed by atoms with Crippen molar-refractivity contribution in [2.75, 3.05) is 0 Å². The van der Waals surface area contributed by atoms with Gasteiger partial charge >= 0.3 is 0 Å². The summed E-state index contributed by atoms with van der Waals surface area (Å²) in [6.07, 6.45) is 8.43. The molecule has 1 spiro atoms. The van der Waals surface area contributed by atoms with Gasteiger partial charge in [0.2, 0.25) is 0 Å². The van der Waals surface area contributed by atoms with E-state index >= 15 is 0 Å². The normalized spacial score (nSPS) is 21.0. The van der Waals surface area contributed by atoms with E-state index in [9.17, 15) is 0 Å². The zero-order valence-electron chi connectivity index (χ0n) is 14.9. The molecule has 0 atom stereocenters. The topological polar surface area (TPSA) is 0 Å². The predicted molar refractivity (Wildman–Crippen MR) is 92.3 cm³/mol. The Hall–Kier alpha value is -0.780. The molecule has 0 heterocycles. The van der Waals surface area contributed by atoms with Crippen molar-refractivity contribution in [2.24, 2.45) is 0 Å². The Kier molecular flexibility index (Phi) is 3.32. The van der Waals surface area contributed by atoms with Crippen LogP contribution in [0.2, 0.25) is 0 Å². The number of fused-ring (bicyclic) bond motifs is 2. The zero-order valence-corrected chi connectivity index (χ0v) is 14.9. The van der Waals surface area contributed by atoms with Crippen LogP contribution in [0.3, 0.4) is 0 Å². The molecular formula is C21H32. The average molecular weight is 284 g/mol. The Morgan fingerprint density at radius 2 is 1.29 bits per heavy atom. The maximum Gasteiger partial charge on any atom is -0.00380 e. The van der Waals surface area contributed by atoms with Crippen LogP contribution in [-0.4, -0.2) is 0 Å². The van der Waals surface area contributed by atoms with E-state index in [0.717, 1.165) is 0 Å². The lowest BCUT2D eigenvalue weighted by Gasteiger charge is -2.34. The minimum Gasteiger partial charge on any atom is -0.0579 e. The summed E-state index contributed by atoms with van der Waals surface area (Å²) < 4.78 is 0. The lowest BCUT2D eigenvalue weighted by Crippen LogP contribution is -2.26. The first-order chi connectivity index (χ1) is 9.65. The van der Waals surface area contributed by atoms with Gasteiger partial charge in [-0.25, -0.2) is 0 Å². The van der Waals surface area contributed by atoms with E-state index in [1.807, 2.05) is 0 Å². The van der Waals surface area contributed by atoms with Crippen molar-refractivity contribution >= 4 is 0 Å². The number of benzene rings is 1. The van der Waals surface area contributed by atoms with E-state index in [0.29, 0.717) is 5.41 Å². The van der Waals surface area contributed by atoms with Gasteiger partial charge in [0.1, 0.15) is 0 Å². The van der Waals surface area contributed by atoms with Crippen LogP contribution in [0.4, 0.5) is 0 Å². The Bertz CT molecular complexity index is 543.